The number of methoxy groups -OCH3 is 1. The lowest BCUT2D eigenvalue weighted by Gasteiger charge is -2.27. The van der Waals surface area contributed by atoms with Crippen LogP contribution < -0.4 is 5.32 Å². The molecule has 1 saturated heterocycles. The molecule has 0 spiro atoms. The number of rotatable bonds is 4. The van der Waals surface area contributed by atoms with Crippen LogP contribution in [0.5, 0.6) is 0 Å². The molecule has 102 valence electrons. The van der Waals surface area contributed by atoms with E-state index in [0.29, 0.717) is 24.5 Å². The fraction of sp³-hybridized carbons (Fsp3) is 0.417. The molecule has 1 heterocycles. The molecule has 7 nitrogen and oxygen atoms in total. The predicted octanol–water partition coefficient (Wildman–Crippen LogP) is 1.50. The second-order valence-corrected chi connectivity index (χ2v) is 4.26. The third-order valence-electron chi connectivity index (χ3n) is 3.02. The number of nitrogens with zero attached hydrogens (tertiary/aromatic N) is 1. The maximum Gasteiger partial charge on any atom is 0.338 e. The normalized spacial score (nSPS) is 14.6. The lowest BCUT2D eigenvalue weighted by atomic mass is 10.0. The zero-order valence-electron chi connectivity index (χ0n) is 10.6. The van der Waals surface area contributed by atoms with Crippen LogP contribution in [0, 0.1) is 17.0 Å². The molecule has 1 aromatic rings. The third-order valence-corrected chi connectivity index (χ3v) is 3.02. The Bertz CT molecular complexity index is 525. The number of hydrogen-bond donors (Lipinski definition) is 1. The Kier molecular flexibility index (Phi) is 3.66. The Labute approximate surface area is 109 Å². The van der Waals surface area contributed by atoms with Gasteiger partial charge in [0.2, 0.25) is 0 Å². The average Bonchev–Trinajstić information content (AvgIpc) is 2.32. The molecule has 0 aromatic heterocycles. The van der Waals surface area contributed by atoms with Gasteiger partial charge >= 0.3 is 5.97 Å². The molecule has 1 aliphatic rings. The van der Waals surface area contributed by atoms with Crippen molar-refractivity contribution in [3.8, 4) is 0 Å². The summed E-state index contributed by atoms with van der Waals surface area (Å²) in [5.74, 6) is -0.584. The van der Waals surface area contributed by atoms with E-state index in [-0.39, 0.29) is 17.3 Å². The van der Waals surface area contributed by atoms with Gasteiger partial charge in [0, 0.05) is 5.56 Å². The van der Waals surface area contributed by atoms with Crippen molar-refractivity contribution in [2.75, 3.05) is 25.6 Å². The van der Waals surface area contributed by atoms with Crippen molar-refractivity contribution in [3.63, 3.8) is 0 Å². The second-order valence-electron chi connectivity index (χ2n) is 4.26. The highest BCUT2D eigenvalue weighted by atomic mass is 16.6. The molecule has 1 aromatic carbocycles. The van der Waals surface area contributed by atoms with Gasteiger partial charge in [0.15, 0.2) is 0 Å². The van der Waals surface area contributed by atoms with Gasteiger partial charge in [-0.05, 0) is 19.1 Å². The van der Waals surface area contributed by atoms with Gasteiger partial charge in [-0.1, -0.05) is 0 Å². The van der Waals surface area contributed by atoms with Crippen LogP contribution >= 0.6 is 0 Å². The minimum atomic E-state index is -0.584. The second kappa shape index (κ2) is 5.23. The van der Waals surface area contributed by atoms with Gasteiger partial charge in [0.1, 0.15) is 5.69 Å². The highest BCUT2D eigenvalue weighted by Gasteiger charge is 2.27. The van der Waals surface area contributed by atoms with E-state index >= 15 is 0 Å². The molecule has 1 aliphatic heterocycles. The van der Waals surface area contributed by atoms with E-state index in [9.17, 15) is 14.9 Å². The Morgan fingerprint density at radius 2 is 2.21 bits per heavy atom. The standard InChI is InChI=1S/C12H14N2O5/c1-7-9(12(15)18-2)3-4-10(11(7)14(16)17)13-8-5-19-6-8/h3-4,8,13H,5-6H2,1-2H3. The topological polar surface area (TPSA) is 90.7 Å². The first kappa shape index (κ1) is 13.3. The number of ether oxygens (including phenoxy) is 2. The lowest BCUT2D eigenvalue weighted by Crippen LogP contribution is -2.40. The summed E-state index contributed by atoms with van der Waals surface area (Å²) in [6, 6.07) is 3.12. The van der Waals surface area contributed by atoms with Crippen LogP contribution in [0.3, 0.4) is 0 Å². The van der Waals surface area contributed by atoms with Gasteiger partial charge in [-0.25, -0.2) is 4.79 Å². The summed E-state index contributed by atoms with van der Waals surface area (Å²) in [5, 5.41) is 14.2. The maximum atomic E-state index is 11.5. The average molecular weight is 266 g/mol. The Morgan fingerprint density at radius 1 is 1.53 bits per heavy atom. The van der Waals surface area contributed by atoms with E-state index in [2.05, 4.69) is 10.1 Å². The maximum absolute atomic E-state index is 11.5. The molecule has 1 N–H and O–H groups in total. The summed E-state index contributed by atoms with van der Waals surface area (Å²) >= 11 is 0. The summed E-state index contributed by atoms with van der Waals surface area (Å²) in [7, 11) is 1.24. The van der Waals surface area contributed by atoms with Crippen molar-refractivity contribution >= 4 is 17.3 Å². The van der Waals surface area contributed by atoms with Gasteiger partial charge in [-0.15, -0.1) is 0 Å². The minimum absolute atomic E-state index is 0.0714. The lowest BCUT2D eigenvalue weighted by molar-refractivity contribution is -0.384. The van der Waals surface area contributed by atoms with Crippen LogP contribution in [0.1, 0.15) is 15.9 Å². The molecule has 0 atom stereocenters. The van der Waals surface area contributed by atoms with Crippen molar-refractivity contribution in [1.82, 2.24) is 0 Å². The quantitative estimate of drug-likeness (QED) is 0.504. The van der Waals surface area contributed by atoms with E-state index in [1.165, 1.54) is 26.2 Å². The molecule has 0 saturated carbocycles. The Morgan fingerprint density at radius 3 is 2.68 bits per heavy atom. The molecule has 0 aliphatic carbocycles. The molecule has 7 heteroatoms. The first-order chi connectivity index (χ1) is 9.04. The number of hydrogen-bond acceptors (Lipinski definition) is 6. The van der Waals surface area contributed by atoms with Crippen LogP contribution in [-0.4, -0.2) is 37.3 Å². The van der Waals surface area contributed by atoms with Crippen molar-refractivity contribution in [2.45, 2.75) is 13.0 Å². The number of anilines is 1. The predicted molar refractivity (Wildman–Crippen MR) is 67.4 cm³/mol. The number of carbonyl (C=O) groups excluding carboxylic acids is 1. The summed E-state index contributed by atoms with van der Waals surface area (Å²) in [6.07, 6.45) is 0. The molecular weight excluding hydrogens is 252 g/mol. The Hall–Kier alpha value is -2.15. The smallest absolute Gasteiger partial charge is 0.338 e. The number of nitro benzene ring substituents is 1. The molecule has 1 fully saturated rings. The van der Waals surface area contributed by atoms with Crippen LogP contribution in [-0.2, 0) is 9.47 Å². The van der Waals surface area contributed by atoms with Gasteiger partial charge < -0.3 is 14.8 Å². The molecule has 0 bridgehead atoms. The van der Waals surface area contributed by atoms with E-state index in [4.69, 9.17) is 4.74 Å². The number of esters is 1. The minimum Gasteiger partial charge on any atom is -0.465 e. The number of nitro groups is 1. The first-order valence-electron chi connectivity index (χ1n) is 5.75. The molecule has 0 unspecified atom stereocenters. The zero-order valence-corrected chi connectivity index (χ0v) is 10.6. The summed E-state index contributed by atoms with van der Waals surface area (Å²) < 4.78 is 9.61. The van der Waals surface area contributed by atoms with Gasteiger partial charge in [-0.2, -0.15) is 0 Å². The van der Waals surface area contributed by atoms with Crippen LogP contribution in [0.15, 0.2) is 12.1 Å². The van der Waals surface area contributed by atoms with Crippen molar-refractivity contribution in [1.29, 1.82) is 0 Å². The largest absolute Gasteiger partial charge is 0.465 e. The van der Waals surface area contributed by atoms with Crippen molar-refractivity contribution < 1.29 is 19.2 Å². The fourth-order valence-corrected chi connectivity index (χ4v) is 1.92. The van der Waals surface area contributed by atoms with Gasteiger partial charge in [0.25, 0.3) is 5.69 Å². The van der Waals surface area contributed by atoms with Crippen molar-refractivity contribution in [2.24, 2.45) is 0 Å². The number of carbonyl (C=O) groups is 1. The molecule has 19 heavy (non-hydrogen) atoms. The molecule has 2 rings (SSSR count). The molecular formula is C12H14N2O5. The number of benzene rings is 1. The summed E-state index contributed by atoms with van der Waals surface area (Å²) in [5.41, 5.74) is 0.782. The SMILES string of the molecule is COC(=O)c1ccc(NC2COC2)c([N+](=O)[O-])c1C. The third kappa shape index (κ3) is 2.50. The molecule has 0 radical (unpaired) electrons. The van der Waals surface area contributed by atoms with Crippen LogP contribution in [0.2, 0.25) is 0 Å². The van der Waals surface area contributed by atoms with Crippen LogP contribution in [0.4, 0.5) is 11.4 Å². The zero-order chi connectivity index (χ0) is 14.0. The summed E-state index contributed by atoms with van der Waals surface area (Å²) in [4.78, 5) is 22.2. The van der Waals surface area contributed by atoms with Gasteiger partial charge in [-0.3, -0.25) is 10.1 Å². The Balaban J connectivity index is 2.41. The first-order valence-corrected chi connectivity index (χ1v) is 5.75. The number of nitrogens with one attached hydrogen (secondary N) is 1. The van der Waals surface area contributed by atoms with E-state index < -0.39 is 10.9 Å². The molecule has 0 amide bonds. The van der Waals surface area contributed by atoms with Gasteiger partial charge in [0.05, 0.1) is 36.9 Å². The van der Waals surface area contributed by atoms with Crippen molar-refractivity contribution in [3.05, 3.63) is 33.4 Å². The highest BCUT2D eigenvalue weighted by Crippen LogP contribution is 2.32. The van der Waals surface area contributed by atoms with E-state index in [1.807, 2.05) is 0 Å². The fourth-order valence-electron chi connectivity index (χ4n) is 1.92. The van der Waals surface area contributed by atoms with E-state index in [1.54, 1.807) is 0 Å². The monoisotopic (exact) mass is 266 g/mol. The van der Waals surface area contributed by atoms with Crippen LogP contribution in [0.25, 0.3) is 0 Å². The summed E-state index contributed by atoms with van der Waals surface area (Å²) in [6.45, 7) is 2.58. The highest BCUT2D eigenvalue weighted by molar-refractivity contribution is 5.93. The van der Waals surface area contributed by atoms with E-state index in [0.717, 1.165) is 0 Å².